The van der Waals surface area contributed by atoms with Crippen molar-refractivity contribution in [1.29, 1.82) is 5.26 Å². The number of carbonyl (C=O) groups is 2. The monoisotopic (exact) mass is 414 g/mol. The summed E-state index contributed by atoms with van der Waals surface area (Å²) in [5.74, 6) is -1.05. The first-order valence-electron chi connectivity index (χ1n) is 9.10. The number of para-hydroxylation sites is 1. The number of hydrogen-bond acceptors (Lipinski definition) is 4. The Morgan fingerprint density at radius 2 is 1.87 bits per heavy atom. The van der Waals surface area contributed by atoms with E-state index >= 15 is 0 Å². The van der Waals surface area contributed by atoms with Crippen LogP contribution in [0, 0.1) is 11.3 Å². The molecule has 0 radical (unpaired) electrons. The van der Waals surface area contributed by atoms with E-state index in [1.807, 2.05) is 24.3 Å². The smallest absolute Gasteiger partial charge is 0.267 e. The molecule has 0 saturated heterocycles. The third-order valence-electron chi connectivity index (χ3n) is 4.69. The van der Waals surface area contributed by atoms with Gasteiger partial charge in [-0.1, -0.05) is 41.9 Å². The van der Waals surface area contributed by atoms with Gasteiger partial charge in [-0.2, -0.15) is 5.26 Å². The Morgan fingerprint density at radius 1 is 1.10 bits per heavy atom. The summed E-state index contributed by atoms with van der Waals surface area (Å²) in [7, 11) is 0. The molecule has 0 spiro atoms. The fourth-order valence-electron chi connectivity index (χ4n) is 3.30. The highest BCUT2D eigenvalue weighted by molar-refractivity contribution is 6.37. The molecule has 6 nitrogen and oxygen atoms in total. The quantitative estimate of drug-likeness (QED) is 0.512. The van der Waals surface area contributed by atoms with Crippen molar-refractivity contribution in [2.24, 2.45) is 0 Å². The van der Waals surface area contributed by atoms with Gasteiger partial charge in [0.2, 0.25) is 0 Å². The minimum absolute atomic E-state index is 0.0865. The summed E-state index contributed by atoms with van der Waals surface area (Å²) in [4.78, 5) is 31.6. The van der Waals surface area contributed by atoms with Gasteiger partial charge in [-0.3, -0.25) is 14.6 Å². The second-order valence-corrected chi connectivity index (χ2v) is 7.03. The Labute approximate surface area is 178 Å². The van der Waals surface area contributed by atoms with Gasteiger partial charge in [0, 0.05) is 16.8 Å². The zero-order valence-electron chi connectivity index (χ0n) is 15.7. The maximum Gasteiger partial charge on any atom is 0.267 e. The van der Waals surface area contributed by atoms with E-state index in [-0.39, 0.29) is 11.1 Å². The molecule has 1 aliphatic rings. The first-order chi connectivity index (χ1) is 14.6. The lowest BCUT2D eigenvalue weighted by Crippen LogP contribution is -2.27. The van der Waals surface area contributed by atoms with Crippen LogP contribution in [0.5, 0.6) is 0 Å². The molecule has 1 aromatic heterocycles. The third kappa shape index (κ3) is 3.66. The fraction of sp³-hybridized carbons (Fsp3) is 0.0435. The molecular weight excluding hydrogens is 400 g/mol. The maximum absolute atomic E-state index is 13.3. The van der Waals surface area contributed by atoms with Crippen molar-refractivity contribution in [2.45, 2.75) is 6.54 Å². The molecule has 1 N–H and O–H groups in total. The first-order valence-corrected chi connectivity index (χ1v) is 9.47. The molecule has 0 saturated carbocycles. The number of nitriles is 1. The van der Waals surface area contributed by atoms with Gasteiger partial charge >= 0.3 is 0 Å². The van der Waals surface area contributed by atoms with Crippen LogP contribution in [-0.2, 0) is 16.1 Å². The molecule has 4 rings (SSSR count). The van der Waals surface area contributed by atoms with Crippen LogP contribution in [0.15, 0.2) is 78.6 Å². The number of amides is 2. The van der Waals surface area contributed by atoms with Crippen LogP contribution in [-0.4, -0.2) is 16.8 Å². The van der Waals surface area contributed by atoms with Crippen molar-refractivity contribution >= 4 is 40.4 Å². The van der Waals surface area contributed by atoms with Crippen molar-refractivity contribution < 1.29 is 9.59 Å². The number of benzene rings is 2. The number of rotatable bonds is 4. The zero-order chi connectivity index (χ0) is 21.1. The number of nitrogens with one attached hydrogen (secondary N) is 1. The van der Waals surface area contributed by atoms with Crippen LogP contribution < -0.4 is 10.2 Å². The van der Waals surface area contributed by atoms with E-state index in [1.54, 1.807) is 53.6 Å². The van der Waals surface area contributed by atoms with E-state index in [4.69, 9.17) is 11.6 Å². The molecule has 0 aliphatic carbocycles. The Morgan fingerprint density at radius 3 is 2.57 bits per heavy atom. The molecule has 0 unspecified atom stereocenters. The fourth-order valence-corrected chi connectivity index (χ4v) is 3.43. The van der Waals surface area contributed by atoms with Gasteiger partial charge < -0.3 is 10.2 Å². The van der Waals surface area contributed by atoms with Gasteiger partial charge in [0.25, 0.3) is 11.8 Å². The number of aromatic nitrogens is 1. The second-order valence-electron chi connectivity index (χ2n) is 6.59. The van der Waals surface area contributed by atoms with Gasteiger partial charge in [0.15, 0.2) is 0 Å². The molecule has 2 heterocycles. The Hall–Kier alpha value is -3.95. The number of halogens is 1. The minimum atomic E-state index is -0.656. The van der Waals surface area contributed by atoms with E-state index in [0.29, 0.717) is 28.5 Å². The minimum Gasteiger partial charge on any atom is -0.320 e. The summed E-state index contributed by atoms with van der Waals surface area (Å²) in [6.07, 6.45) is 3.04. The Balaban J connectivity index is 1.73. The van der Waals surface area contributed by atoms with Crippen LogP contribution in [0.2, 0.25) is 5.02 Å². The molecule has 0 fully saturated rings. The summed E-state index contributed by atoms with van der Waals surface area (Å²) in [6, 6.07) is 19.5. The van der Waals surface area contributed by atoms with Crippen LogP contribution in [0.25, 0.3) is 5.57 Å². The highest BCUT2D eigenvalue weighted by Gasteiger charge is 2.36. The molecule has 30 heavy (non-hydrogen) atoms. The van der Waals surface area contributed by atoms with Crippen molar-refractivity contribution in [3.63, 3.8) is 0 Å². The highest BCUT2D eigenvalue weighted by Crippen LogP contribution is 2.39. The standard InChI is InChI=1S/C23H15ClN4O2/c24-16-9-7-15(8-10-16)14-28-20-6-2-1-5-18(20)21(23(28)30)19(12-25)22(29)27-17-4-3-11-26-13-17/h1-11,13H,14H2,(H,27,29)/b21-19+. The van der Waals surface area contributed by atoms with Crippen molar-refractivity contribution in [3.05, 3.63) is 94.8 Å². The largest absolute Gasteiger partial charge is 0.320 e. The average molecular weight is 415 g/mol. The summed E-state index contributed by atoms with van der Waals surface area (Å²) in [6.45, 7) is 0.291. The van der Waals surface area contributed by atoms with E-state index in [1.165, 1.54) is 6.20 Å². The predicted octanol–water partition coefficient (Wildman–Crippen LogP) is 4.20. The van der Waals surface area contributed by atoms with E-state index in [2.05, 4.69) is 10.3 Å². The Kier molecular flexibility index (Phi) is 5.29. The van der Waals surface area contributed by atoms with Gasteiger partial charge in [-0.25, -0.2) is 0 Å². The lowest BCUT2D eigenvalue weighted by atomic mass is 10.0. The zero-order valence-corrected chi connectivity index (χ0v) is 16.4. The number of hydrogen-bond donors (Lipinski definition) is 1. The first kappa shape index (κ1) is 19.4. The van der Waals surface area contributed by atoms with Gasteiger partial charge in [-0.15, -0.1) is 0 Å². The summed E-state index contributed by atoms with van der Waals surface area (Å²) in [5, 5.41) is 12.9. The number of pyridine rings is 1. The molecule has 0 atom stereocenters. The molecule has 7 heteroatoms. The van der Waals surface area contributed by atoms with Gasteiger partial charge in [0.05, 0.1) is 29.7 Å². The Bertz CT molecular complexity index is 1200. The number of fused-ring (bicyclic) bond motifs is 1. The van der Waals surface area contributed by atoms with Gasteiger partial charge in [0.1, 0.15) is 11.6 Å². The summed E-state index contributed by atoms with van der Waals surface area (Å²) < 4.78 is 0. The molecular formula is C23H15ClN4O2. The second kappa shape index (κ2) is 8.19. The average Bonchev–Trinajstić information content (AvgIpc) is 3.03. The normalized spacial score (nSPS) is 14.1. The van der Waals surface area contributed by atoms with E-state index < -0.39 is 11.8 Å². The molecule has 1 aliphatic heterocycles. The lowest BCUT2D eigenvalue weighted by molar-refractivity contribution is -0.114. The topological polar surface area (TPSA) is 86.1 Å². The number of carbonyl (C=O) groups excluding carboxylic acids is 2. The molecule has 2 aromatic carbocycles. The molecule has 146 valence electrons. The van der Waals surface area contributed by atoms with E-state index in [0.717, 1.165) is 5.56 Å². The maximum atomic E-state index is 13.3. The third-order valence-corrected chi connectivity index (χ3v) is 4.94. The summed E-state index contributed by atoms with van der Waals surface area (Å²) >= 11 is 5.95. The van der Waals surface area contributed by atoms with Crippen LogP contribution in [0.3, 0.4) is 0 Å². The highest BCUT2D eigenvalue weighted by atomic mass is 35.5. The van der Waals surface area contributed by atoms with Gasteiger partial charge in [-0.05, 0) is 35.9 Å². The van der Waals surface area contributed by atoms with Crippen LogP contribution in [0.4, 0.5) is 11.4 Å². The molecule has 0 bridgehead atoms. The van der Waals surface area contributed by atoms with Crippen LogP contribution in [0.1, 0.15) is 11.1 Å². The number of anilines is 2. The van der Waals surface area contributed by atoms with Crippen molar-refractivity contribution in [2.75, 3.05) is 10.2 Å². The molecule has 3 aromatic rings. The lowest BCUT2D eigenvalue weighted by Gasteiger charge is -2.17. The summed E-state index contributed by atoms with van der Waals surface area (Å²) in [5.41, 5.74) is 2.36. The molecule has 2 amide bonds. The van der Waals surface area contributed by atoms with Crippen LogP contribution >= 0.6 is 11.6 Å². The van der Waals surface area contributed by atoms with E-state index in [9.17, 15) is 14.9 Å². The van der Waals surface area contributed by atoms with Crippen molar-refractivity contribution in [1.82, 2.24) is 4.98 Å². The van der Waals surface area contributed by atoms with Crippen molar-refractivity contribution in [3.8, 4) is 6.07 Å². The predicted molar refractivity (Wildman–Crippen MR) is 114 cm³/mol. The number of nitrogens with zero attached hydrogens (tertiary/aromatic N) is 3. The SMILES string of the molecule is N#C/C(C(=O)Nc1cccnc1)=C1\C(=O)N(Cc2ccc(Cl)cc2)c2ccccc21.